The van der Waals surface area contributed by atoms with Crippen molar-refractivity contribution in [2.24, 2.45) is 0 Å². The average Bonchev–Trinajstić information content (AvgIpc) is 3.12. The molecule has 6 nitrogen and oxygen atoms in total. The number of nitrogens with zero attached hydrogens (tertiary/aromatic N) is 3. The highest BCUT2D eigenvalue weighted by Crippen LogP contribution is 2.29. The molecule has 1 aliphatic rings. The molecule has 0 aliphatic carbocycles. The van der Waals surface area contributed by atoms with Gasteiger partial charge in [-0.15, -0.1) is 0 Å². The Balaban J connectivity index is 1.72. The van der Waals surface area contributed by atoms with E-state index in [1.165, 1.54) is 10.6 Å². The van der Waals surface area contributed by atoms with E-state index in [9.17, 15) is 9.59 Å². The van der Waals surface area contributed by atoms with Gasteiger partial charge >= 0.3 is 0 Å². The predicted molar refractivity (Wildman–Crippen MR) is 151 cm³/mol. The van der Waals surface area contributed by atoms with Crippen molar-refractivity contribution >= 4 is 46.6 Å². The van der Waals surface area contributed by atoms with E-state index in [1.54, 1.807) is 6.08 Å². The lowest BCUT2D eigenvalue weighted by Crippen LogP contribution is -2.54. The number of aromatic nitrogens is 1. The molecule has 0 bridgehead atoms. The summed E-state index contributed by atoms with van der Waals surface area (Å²) < 4.78 is 2.14. The van der Waals surface area contributed by atoms with E-state index >= 15 is 0 Å². The van der Waals surface area contributed by atoms with Crippen molar-refractivity contribution in [3.63, 3.8) is 0 Å². The number of thiocarbonyl (C=S) groups is 1. The SMILES string of the molecule is CCN(CC)c1ccc(-n2c(C)cc(/C=C3\C(=O)NC(=S)N(c4cc(C)ccc4C)C3=O)c2C)cc1. The highest BCUT2D eigenvalue weighted by atomic mass is 32.1. The molecule has 1 saturated heterocycles. The molecular formula is C29H32N4O2S. The number of amides is 2. The number of hydrogen-bond acceptors (Lipinski definition) is 4. The van der Waals surface area contributed by atoms with Crippen LogP contribution in [-0.2, 0) is 9.59 Å². The van der Waals surface area contributed by atoms with Gasteiger partial charge in [0, 0.05) is 35.9 Å². The number of hydrogen-bond donors (Lipinski definition) is 1. The van der Waals surface area contributed by atoms with Crippen LogP contribution in [0.15, 0.2) is 54.1 Å². The molecule has 1 fully saturated rings. The second kappa shape index (κ2) is 10.1. The Kier molecular flexibility index (Phi) is 7.13. The van der Waals surface area contributed by atoms with Crippen molar-refractivity contribution in [1.82, 2.24) is 9.88 Å². The van der Waals surface area contributed by atoms with E-state index in [-0.39, 0.29) is 10.7 Å². The third-order valence-electron chi connectivity index (χ3n) is 6.71. The second-order valence-electron chi connectivity index (χ2n) is 9.10. The van der Waals surface area contributed by atoms with Crippen LogP contribution in [0.2, 0.25) is 0 Å². The standard InChI is InChI=1S/C29H32N4O2S/c1-7-31(8-2)23-11-13-24(14-12-23)32-20(5)16-22(21(32)6)17-25-27(34)30-29(36)33(28(25)35)26-15-18(3)9-10-19(26)4/h9-17H,7-8H2,1-6H3,(H,30,34,36)/b25-17+. The van der Waals surface area contributed by atoms with Crippen LogP contribution in [0, 0.1) is 27.7 Å². The molecule has 186 valence electrons. The lowest BCUT2D eigenvalue weighted by Gasteiger charge is -2.30. The fraction of sp³-hybridized carbons (Fsp3) is 0.276. The smallest absolute Gasteiger partial charge is 0.270 e. The van der Waals surface area contributed by atoms with Gasteiger partial charge < -0.3 is 9.47 Å². The Morgan fingerprint density at radius 2 is 1.61 bits per heavy atom. The zero-order chi connectivity index (χ0) is 26.1. The topological polar surface area (TPSA) is 57.6 Å². The van der Waals surface area contributed by atoms with E-state index in [4.69, 9.17) is 12.2 Å². The van der Waals surface area contributed by atoms with Gasteiger partial charge in [-0.25, -0.2) is 0 Å². The Hall–Kier alpha value is -3.71. The van der Waals surface area contributed by atoms with Gasteiger partial charge in [-0.1, -0.05) is 12.1 Å². The maximum absolute atomic E-state index is 13.5. The molecule has 1 aliphatic heterocycles. The van der Waals surface area contributed by atoms with Crippen LogP contribution in [0.25, 0.3) is 11.8 Å². The Labute approximate surface area is 218 Å². The number of rotatable bonds is 6. The van der Waals surface area contributed by atoms with E-state index in [1.807, 2.05) is 52.0 Å². The molecule has 0 saturated carbocycles. The van der Waals surface area contributed by atoms with Crippen LogP contribution in [0.3, 0.4) is 0 Å². The van der Waals surface area contributed by atoms with E-state index in [0.717, 1.165) is 46.9 Å². The van der Waals surface area contributed by atoms with Crippen molar-refractivity contribution < 1.29 is 9.59 Å². The Bertz CT molecular complexity index is 1380. The summed E-state index contributed by atoms with van der Waals surface area (Å²) in [5.74, 6) is -0.911. The first-order valence-corrected chi connectivity index (χ1v) is 12.6. The molecule has 7 heteroatoms. The molecule has 3 aromatic rings. The molecule has 36 heavy (non-hydrogen) atoms. The summed E-state index contributed by atoms with van der Waals surface area (Å²) in [5, 5.41) is 2.79. The monoisotopic (exact) mass is 500 g/mol. The van der Waals surface area contributed by atoms with Crippen molar-refractivity contribution in [3.05, 3.63) is 82.2 Å². The molecule has 1 N–H and O–H groups in total. The van der Waals surface area contributed by atoms with Gasteiger partial charge in [-0.05, 0) is 113 Å². The van der Waals surface area contributed by atoms with Gasteiger partial charge in [0.15, 0.2) is 5.11 Å². The lowest BCUT2D eigenvalue weighted by atomic mass is 10.0. The number of carbonyl (C=O) groups excluding carboxylic acids is 2. The maximum Gasteiger partial charge on any atom is 0.270 e. The minimum Gasteiger partial charge on any atom is -0.372 e. The van der Waals surface area contributed by atoms with E-state index < -0.39 is 11.8 Å². The Morgan fingerprint density at radius 3 is 2.25 bits per heavy atom. The minimum absolute atomic E-state index is 0.0571. The molecule has 0 spiro atoms. The molecule has 2 aromatic carbocycles. The summed E-state index contributed by atoms with van der Waals surface area (Å²) >= 11 is 5.38. The summed E-state index contributed by atoms with van der Waals surface area (Å²) in [4.78, 5) is 30.1. The van der Waals surface area contributed by atoms with Crippen LogP contribution in [0.4, 0.5) is 11.4 Å². The molecule has 2 amide bonds. The van der Waals surface area contributed by atoms with Crippen LogP contribution < -0.4 is 15.1 Å². The number of aryl methyl sites for hydroxylation is 3. The zero-order valence-electron chi connectivity index (χ0n) is 21.7. The highest BCUT2D eigenvalue weighted by Gasteiger charge is 2.35. The molecule has 1 aromatic heterocycles. The summed E-state index contributed by atoms with van der Waals surface area (Å²) in [5.41, 5.74) is 7.62. The maximum atomic E-state index is 13.5. The minimum atomic E-state index is -0.486. The van der Waals surface area contributed by atoms with E-state index in [0.29, 0.717) is 5.69 Å². The molecule has 4 rings (SSSR count). The molecular weight excluding hydrogens is 468 g/mol. The van der Waals surface area contributed by atoms with Crippen molar-refractivity contribution in [2.45, 2.75) is 41.5 Å². The Morgan fingerprint density at radius 1 is 0.944 bits per heavy atom. The second-order valence-corrected chi connectivity index (χ2v) is 9.49. The zero-order valence-corrected chi connectivity index (χ0v) is 22.5. The molecule has 2 heterocycles. The van der Waals surface area contributed by atoms with Gasteiger partial charge in [0.25, 0.3) is 11.8 Å². The average molecular weight is 501 g/mol. The number of anilines is 2. The van der Waals surface area contributed by atoms with Crippen molar-refractivity contribution in [3.8, 4) is 5.69 Å². The van der Waals surface area contributed by atoms with Gasteiger partial charge in [0.1, 0.15) is 5.57 Å². The van der Waals surface area contributed by atoms with Crippen molar-refractivity contribution in [1.29, 1.82) is 0 Å². The third kappa shape index (κ3) is 4.58. The van der Waals surface area contributed by atoms with Gasteiger partial charge in [-0.2, -0.15) is 0 Å². The largest absolute Gasteiger partial charge is 0.372 e. The summed E-state index contributed by atoms with van der Waals surface area (Å²) in [6.07, 6.45) is 1.67. The predicted octanol–water partition coefficient (Wildman–Crippen LogP) is 5.39. The van der Waals surface area contributed by atoms with E-state index in [2.05, 4.69) is 52.9 Å². The van der Waals surface area contributed by atoms with Crippen LogP contribution >= 0.6 is 12.2 Å². The summed E-state index contributed by atoms with van der Waals surface area (Å²) in [6.45, 7) is 14.1. The first-order valence-electron chi connectivity index (χ1n) is 12.2. The van der Waals surface area contributed by atoms with Gasteiger partial charge in [0.2, 0.25) is 0 Å². The quantitative estimate of drug-likeness (QED) is 0.280. The van der Waals surface area contributed by atoms with Gasteiger partial charge in [-0.3, -0.25) is 19.8 Å². The first-order chi connectivity index (χ1) is 17.2. The molecule has 0 unspecified atom stereocenters. The fourth-order valence-corrected chi connectivity index (χ4v) is 5.00. The number of nitrogens with one attached hydrogen (secondary N) is 1. The van der Waals surface area contributed by atoms with Crippen molar-refractivity contribution in [2.75, 3.05) is 22.9 Å². The summed E-state index contributed by atoms with van der Waals surface area (Å²) in [7, 11) is 0. The van der Waals surface area contributed by atoms with Crippen LogP contribution in [-0.4, -0.2) is 34.6 Å². The molecule has 0 atom stereocenters. The third-order valence-corrected chi connectivity index (χ3v) is 7.00. The van der Waals surface area contributed by atoms with Gasteiger partial charge in [0.05, 0.1) is 5.69 Å². The summed E-state index contributed by atoms with van der Waals surface area (Å²) in [6, 6.07) is 16.3. The number of benzene rings is 2. The van der Waals surface area contributed by atoms with Crippen LogP contribution in [0.5, 0.6) is 0 Å². The molecule has 0 radical (unpaired) electrons. The first kappa shape index (κ1) is 25.4. The lowest BCUT2D eigenvalue weighted by molar-refractivity contribution is -0.122. The number of carbonyl (C=O) groups is 2. The highest BCUT2D eigenvalue weighted by molar-refractivity contribution is 7.80. The fourth-order valence-electron chi connectivity index (χ4n) is 4.72. The van der Waals surface area contributed by atoms with Crippen LogP contribution in [0.1, 0.15) is 41.9 Å². The normalized spacial score (nSPS) is 15.0.